The third-order valence-electron chi connectivity index (χ3n) is 6.83. The maximum Gasteiger partial charge on any atom is 0.249 e. The lowest BCUT2D eigenvalue weighted by Crippen LogP contribution is -2.59. The number of carbonyl (C=O) groups is 1. The molecule has 0 bridgehead atoms. The van der Waals surface area contributed by atoms with Crippen molar-refractivity contribution in [1.82, 2.24) is 19.8 Å². The number of likely N-dealkylation sites (tertiary alicyclic amines) is 1. The number of H-pyrrole nitrogens is 1. The summed E-state index contributed by atoms with van der Waals surface area (Å²) in [5.41, 5.74) is 1.99. The first-order valence-corrected chi connectivity index (χ1v) is 10.6. The number of imidazole rings is 1. The topological polar surface area (TPSA) is 70.7 Å². The van der Waals surface area contributed by atoms with Crippen LogP contribution in [0.25, 0.3) is 0 Å². The van der Waals surface area contributed by atoms with Gasteiger partial charge in [-0.1, -0.05) is 0 Å². The number of amides is 1. The summed E-state index contributed by atoms with van der Waals surface area (Å²) in [5.74, 6) is 0.770. The summed E-state index contributed by atoms with van der Waals surface area (Å²) in [6, 6.07) is 0. The highest BCUT2D eigenvalue weighted by atomic mass is 16.5. The van der Waals surface area contributed by atoms with Gasteiger partial charge >= 0.3 is 0 Å². The van der Waals surface area contributed by atoms with Crippen molar-refractivity contribution in [3.8, 4) is 0 Å². The molecule has 0 unspecified atom stereocenters. The molecule has 156 valence electrons. The molecule has 3 aliphatic rings. The molecule has 1 atom stereocenters. The van der Waals surface area contributed by atoms with E-state index >= 15 is 0 Å². The van der Waals surface area contributed by atoms with Crippen LogP contribution in [0.4, 0.5) is 0 Å². The smallest absolute Gasteiger partial charge is 0.249 e. The molecule has 28 heavy (non-hydrogen) atoms. The number of piperidine rings is 1. The van der Waals surface area contributed by atoms with Crippen LogP contribution in [-0.2, 0) is 26.2 Å². The molecule has 7 nitrogen and oxygen atoms in total. The Morgan fingerprint density at radius 2 is 2.14 bits per heavy atom. The lowest BCUT2D eigenvalue weighted by molar-refractivity contribution is -0.146. The molecule has 0 aromatic carbocycles. The number of methoxy groups -OCH3 is 1. The summed E-state index contributed by atoms with van der Waals surface area (Å²) in [6.07, 6.45) is 6.77. The van der Waals surface area contributed by atoms with Crippen molar-refractivity contribution < 1.29 is 14.3 Å². The fraction of sp³-hybridized carbons (Fsp3) is 0.810. The number of hydrogen-bond acceptors (Lipinski definition) is 5. The van der Waals surface area contributed by atoms with Gasteiger partial charge in [-0.25, -0.2) is 4.98 Å². The SMILES string of the molecule is COCC(=O)N1CCc2[nH]cnc2C12CCN(C[C@@H]1CCOC(C)(C)C1)CC2. The van der Waals surface area contributed by atoms with Crippen molar-refractivity contribution in [2.24, 2.45) is 5.92 Å². The number of aromatic nitrogens is 2. The number of fused-ring (bicyclic) bond motifs is 2. The largest absolute Gasteiger partial charge is 0.376 e. The van der Waals surface area contributed by atoms with E-state index in [0.29, 0.717) is 5.92 Å². The van der Waals surface area contributed by atoms with E-state index in [2.05, 4.69) is 33.6 Å². The normalized spacial score (nSPS) is 27.0. The molecule has 1 spiro atoms. The molecule has 0 aliphatic carbocycles. The molecule has 0 radical (unpaired) electrons. The second-order valence-corrected chi connectivity index (χ2v) is 9.26. The zero-order valence-electron chi connectivity index (χ0n) is 17.5. The predicted octanol–water partition coefficient (Wildman–Crippen LogP) is 1.94. The first-order chi connectivity index (χ1) is 13.4. The van der Waals surface area contributed by atoms with Crippen LogP contribution in [0.5, 0.6) is 0 Å². The fourth-order valence-corrected chi connectivity index (χ4v) is 5.53. The van der Waals surface area contributed by atoms with E-state index in [0.717, 1.165) is 70.6 Å². The molecule has 0 saturated carbocycles. The van der Waals surface area contributed by atoms with Gasteiger partial charge in [-0.05, 0) is 45.4 Å². The molecule has 1 aromatic rings. The Morgan fingerprint density at radius 1 is 1.36 bits per heavy atom. The number of rotatable bonds is 4. The van der Waals surface area contributed by atoms with Crippen LogP contribution in [0.2, 0.25) is 0 Å². The number of hydrogen-bond donors (Lipinski definition) is 1. The van der Waals surface area contributed by atoms with Crippen LogP contribution in [0.15, 0.2) is 6.33 Å². The van der Waals surface area contributed by atoms with Gasteiger partial charge in [0.1, 0.15) is 6.61 Å². The minimum atomic E-state index is -0.283. The van der Waals surface area contributed by atoms with Gasteiger partial charge < -0.3 is 24.3 Å². The van der Waals surface area contributed by atoms with Crippen LogP contribution < -0.4 is 0 Å². The molecule has 7 heteroatoms. The van der Waals surface area contributed by atoms with Gasteiger partial charge in [0.05, 0.1) is 23.2 Å². The van der Waals surface area contributed by atoms with Crippen molar-refractivity contribution in [2.75, 3.05) is 46.5 Å². The first-order valence-electron chi connectivity index (χ1n) is 10.6. The summed E-state index contributed by atoms with van der Waals surface area (Å²) >= 11 is 0. The fourth-order valence-electron chi connectivity index (χ4n) is 5.53. The summed E-state index contributed by atoms with van der Waals surface area (Å²) in [4.78, 5) is 25.4. The lowest BCUT2D eigenvalue weighted by atomic mass is 9.78. The van der Waals surface area contributed by atoms with E-state index in [9.17, 15) is 4.79 Å². The Kier molecular flexibility index (Phi) is 5.51. The van der Waals surface area contributed by atoms with E-state index in [-0.39, 0.29) is 23.7 Å². The van der Waals surface area contributed by atoms with Crippen molar-refractivity contribution in [3.63, 3.8) is 0 Å². The van der Waals surface area contributed by atoms with Gasteiger partial charge in [-0.2, -0.15) is 0 Å². The average molecular weight is 391 g/mol. The Hall–Kier alpha value is -1.44. The van der Waals surface area contributed by atoms with Gasteiger partial charge in [-0.15, -0.1) is 0 Å². The maximum absolute atomic E-state index is 12.8. The molecule has 1 amide bonds. The minimum Gasteiger partial charge on any atom is -0.376 e. The zero-order valence-corrected chi connectivity index (χ0v) is 17.5. The van der Waals surface area contributed by atoms with E-state index in [4.69, 9.17) is 9.47 Å². The standard InChI is InChI=1S/C21H34N4O3/c1-20(2)12-16(5-11-28-20)13-24-9-6-21(7-10-24)19-17(22-15-23-19)4-8-25(21)18(26)14-27-3/h15-16H,4-14H2,1-3H3,(H,22,23)/t16-/m1/s1. The molecule has 4 rings (SSSR count). The number of ether oxygens (including phenoxy) is 2. The molecule has 3 aliphatic heterocycles. The summed E-state index contributed by atoms with van der Waals surface area (Å²) in [5, 5.41) is 0. The van der Waals surface area contributed by atoms with Crippen LogP contribution in [0.1, 0.15) is 50.9 Å². The van der Waals surface area contributed by atoms with Crippen molar-refractivity contribution in [3.05, 3.63) is 17.7 Å². The molecular formula is C21H34N4O3. The van der Waals surface area contributed by atoms with Gasteiger partial charge in [0.25, 0.3) is 0 Å². The highest BCUT2D eigenvalue weighted by Crippen LogP contribution is 2.42. The van der Waals surface area contributed by atoms with Crippen molar-refractivity contribution >= 4 is 5.91 Å². The van der Waals surface area contributed by atoms with Gasteiger partial charge in [0.15, 0.2) is 0 Å². The minimum absolute atomic E-state index is 0.00336. The molecule has 2 saturated heterocycles. The highest BCUT2D eigenvalue weighted by molar-refractivity contribution is 5.79. The summed E-state index contributed by atoms with van der Waals surface area (Å²) in [6.45, 7) is 9.28. The number of carbonyl (C=O) groups excluding carboxylic acids is 1. The van der Waals surface area contributed by atoms with Crippen molar-refractivity contribution in [2.45, 2.75) is 57.1 Å². The number of nitrogens with zero attached hydrogens (tertiary/aromatic N) is 3. The Morgan fingerprint density at radius 3 is 2.86 bits per heavy atom. The molecular weight excluding hydrogens is 356 g/mol. The predicted molar refractivity (Wildman–Crippen MR) is 106 cm³/mol. The average Bonchev–Trinajstić information content (AvgIpc) is 3.13. The Bertz CT molecular complexity index is 694. The monoisotopic (exact) mass is 390 g/mol. The van der Waals surface area contributed by atoms with Crippen LogP contribution >= 0.6 is 0 Å². The van der Waals surface area contributed by atoms with Gasteiger partial charge in [-0.3, -0.25) is 4.79 Å². The molecule has 4 heterocycles. The zero-order chi connectivity index (χ0) is 19.8. The quantitative estimate of drug-likeness (QED) is 0.851. The first kappa shape index (κ1) is 19.9. The number of nitrogens with one attached hydrogen (secondary N) is 1. The van der Waals surface area contributed by atoms with Crippen LogP contribution in [0.3, 0.4) is 0 Å². The molecule has 2 fully saturated rings. The highest BCUT2D eigenvalue weighted by Gasteiger charge is 2.48. The van der Waals surface area contributed by atoms with Gasteiger partial charge in [0, 0.05) is 52.0 Å². The Balaban J connectivity index is 1.47. The van der Waals surface area contributed by atoms with E-state index in [1.54, 1.807) is 13.4 Å². The number of aromatic amines is 1. The van der Waals surface area contributed by atoms with Crippen LogP contribution in [-0.4, -0.2) is 77.8 Å². The van der Waals surface area contributed by atoms with E-state index < -0.39 is 0 Å². The Labute approximate surface area is 167 Å². The van der Waals surface area contributed by atoms with Gasteiger partial charge in [0.2, 0.25) is 5.91 Å². The summed E-state index contributed by atoms with van der Waals surface area (Å²) in [7, 11) is 1.59. The van der Waals surface area contributed by atoms with E-state index in [1.165, 1.54) is 5.69 Å². The van der Waals surface area contributed by atoms with Crippen LogP contribution in [0, 0.1) is 5.92 Å². The lowest BCUT2D eigenvalue weighted by Gasteiger charge is -2.51. The van der Waals surface area contributed by atoms with E-state index in [1.807, 2.05) is 0 Å². The van der Waals surface area contributed by atoms with Crippen molar-refractivity contribution in [1.29, 1.82) is 0 Å². The molecule has 1 aromatic heterocycles. The second-order valence-electron chi connectivity index (χ2n) is 9.26. The maximum atomic E-state index is 12.8. The third kappa shape index (κ3) is 3.72. The molecule has 1 N–H and O–H groups in total. The third-order valence-corrected chi connectivity index (χ3v) is 6.83. The summed E-state index contributed by atoms with van der Waals surface area (Å²) < 4.78 is 11.0. The second kappa shape index (κ2) is 7.76.